The molecule has 0 fully saturated rings. The predicted octanol–water partition coefficient (Wildman–Crippen LogP) is 2.67. The Balaban J connectivity index is 2.40. The molecule has 0 amide bonds. The molecule has 1 aliphatic heterocycles. The number of aliphatic hydroxyl groups is 1. The average Bonchev–Trinajstić information content (AvgIpc) is 2.83. The number of hydrogen-bond acceptors (Lipinski definition) is 3. The van der Waals surface area contributed by atoms with E-state index in [0.717, 1.165) is 19.6 Å². The standard InChI is InChI=1S/C17H28N2O/c1-4-17(5-2)13-19(6-3)15-9-7-8-14(16(15)17)12-18-10-11-20/h7-9,18,20H,4-6,10-13H2,1-3H3. The SMILES string of the molecule is CCN1CC(CC)(CC)c2c(CNCCO)cccc21. The van der Waals surface area contributed by atoms with Crippen LogP contribution in [0.4, 0.5) is 5.69 Å². The lowest BCUT2D eigenvalue weighted by Crippen LogP contribution is -2.33. The number of nitrogens with one attached hydrogen (secondary N) is 1. The number of fused-ring (bicyclic) bond motifs is 1. The Morgan fingerprint density at radius 1 is 1.25 bits per heavy atom. The summed E-state index contributed by atoms with van der Waals surface area (Å²) < 4.78 is 0. The molecule has 1 aromatic carbocycles. The third-order valence-corrected chi connectivity index (χ3v) is 4.83. The molecule has 20 heavy (non-hydrogen) atoms. The van der Waals surface area contributed by atoms with Gasteiger partial charge in [0.2, 0.25) is 0 Å². The minimum absolute atomic E-state index is 0.197. The van der Waals surface area contributed by atoms with E-state index in [-0.39, 0.29) is 6.61 Å². The lowest BCUT2D eigenvalue weighted by molar-refractivity contribution is 0.291. The molecule has 0 aliphatic carbocycles. The minimum Gasteiger partial charge on any atom is -0.395 e. The predicted molar refractivity (Wildman–Crippen MR) is 85.4 cm³/mol. The Morgan fingerprint density at radius 2 is 2.00 bits per heavy atom. The highest BCUT2D eigenvalue weighted by Crippen LogP contribution is 2.46. The maximum Gasteiger partial charge on any atom is 0.0556 e. The molecule has 1 aromatic rings. The molecule has 1 heterocycles. The van der Waals surface area contributed by atoms with Crippen LogP contribution < -0.4 is 10.2 Å². The van der Waals surface area contributed by atoms with Crippen LogP contribution in [0, 0.1) is 0 Å². The van der Waals surface area contributed by atoms with Crippen molar-refractivity contribution in [3.8, 4) is 0 Å². The van der Waals surface area contributed by atoms with Gasteiger partial charge in [0.15, 0.2) is 0 Å². The highest BCUT2D eigenvalue weighted by atomic mass is 16.3. The van der Waals surface area contributed by atoms with Crippen molar-refractivity contribution in [1.29, 1.82) is 0 Å². The van der Waals surface area contributed by atoms with E-state index in [4.69, 9.17) is 5.11 Å². The molecule has 112 valence electrons. The lowest BCUT2D eigenvalue weighted by Gasteiger charge is -2.29. The second kappa shape index (κ2) is 6.59. The molecule has 0 saturated carbocycles. The summed E-state index contributed by atoms with van der Waals surface area (Å²) >= 11 is 0. The number of nitrogens with zero attached hydrogens (tertiary/aromatic N) is 1. The van der Waals surface area contributed by atoms with Gasteiger partial charge in [-0.1, -0.05) is 26.0 Å². The highest BCUT2D eigenvalue weighted by molar-refractivity contribution is 5.65. The first-order valence-electron chi connectivity index (χ1n) is 7.91. The average molecular weight is 276 g/mol. The van der Waals surface area contributed by atoms with Gasteiger partial charge >= 0.3 is 0 Å². The van der Waals surface area contributed by atoms with Gasteiger partial charge in [-0.25, -0.2) is 0 Å². The van der Waals surface area contributed by atoms with Gasteiger partial charge in [-0.15, -0.1) is 0 Å². The molecule has 0 unspecified atom stereocenters. The number of hydrogen-bond donors (Lipinski definition) is 2. The molecule has 0 spiro atoms. The van der Waals surface area contributed by atoms with Crippen LogP contribution in [0.1, 0.15) is 44.7 Å². The van der Waals surface area contributed by atoms with Crippen molar-refractivity contribution in [3.63, 3.8) is 0 Å². The van der Waals surface area contributed by atoms with Crippen molar-refractivity contribution in [2.24, 2.45) is 0 Å². The maximum absolute atomic E-state index is 8.94. The smallest absolute Gasteiger partial charge is 0.0556 e. The number of anilines is 1. The molecule has 0 bridgehead atoms. The zero-order valence-electron chi connectivity index (χ0n) is 13.1. The van der Waals surface area contributed by atoms with Crippen LogP contribution in [0.3, 0.4) is 0 Å². The Bertz CT molecular complexity index is 441. The van der Waals surface area contributed by atoms with Gasteiger partial charge in [-0.2, -0.15) is 0 Å². The number of rotatable bonds is 7. The molecule has 3 heteroatoms. The summed E-state index contributed by atoms with van der Waals surface area (Å²) in [5.41, 5.74) is 4.65. The van der Waals surface area contributed by atoms with Gasteiger partial charge in [0, 0.05) is 37.3 Å². The molecule has 0 radical (unpaired) electrons. The van der Waals surface area contributed by atoms with Crippen LogP contribution >= 0.6 is 0 Å². The summed E-state index contributed by atoms with van der Waals surface area (Å²) in [7, 11) is 0. The van der Waals surface area contributed by atoms with Crippen molar-refractivity contribution in [3.05, 3.63) is 29.3 Å². The fraction of sp³-hybridized carbons (Fsp3) is 0.647. The van der Waals surface area contributed by atoms with E-state index in [1.807, 2.05) is 0 Å². The van der Waals surface area contributed by atoms with Gasteiger partial charge in [0.1, 0.15) is 0 Å². The lowest BCUT2D eigenvalue weighted by atomic mass is 9.75. The second-order valence-corrected chi connectivity index (χ2v) is 5.71. The van der Waals surface area contributed by atoms with Crippen LogP contribution in [0.2, 0.25) is 0 Å². The number of aliphatic hydroxyl groups excluding tert-OH is 1. The molecule has 2 N–H and O–H groups in total. The fourth-order valence-electron chi connectivity index (χ4n) is 3.55. The van der Waals surface area contributed by atoms with Gasteiger partial charge in [-0.3, -0.25) is 0 Å². The molecule has 0 atom stereocenters. The Labute approximate surface area is 123 Å². The van der Waals surface area contributed by atoms with E-state index < -0.39 is 0 Å². The summed E-state index contributed by atoms with van der Waals surface area (Å²) in [5.74, 6) is 0. The van der Waals surface area contributed by atoms with Crippen molar-refractivity contribution in [1.82, 2.24) is 5.32 Å². The normalized spacial score (nSPS) is 16.5. The molecule has 3 nitrogen and oxygen atoms in total. The van der Waals surface area contributed by atoms with Crippen molar-refractivity contribution >= 4 is 5.69 Å². The largest absolute Gasteiger partial charge is 0.395 e. The summed E-state index contributed by atoms with van der Waals surface area (Å²) in [6.07, 6.45) is 2.37. The third kappa shape index (κ3) is 2.57. The number of likely N-dealkylation sites (N-methyl/N-ethyl adjacent to an activating group) is 1. The second-order valence-electron chi connectivity index (χ2n) is 5.71. The summed E-state index contributed by atoms with van der Waals surface area (Å²) in [6.45, 7) is 10.8. The van der Waals surface area contributed by atoms with Gasteiger partial charge in [0.05, 0.1) is 6.61 Å². The molecule has 1 aliphatic rings. The van der Waals surface area contributed by atoms with Crippen LogP contribution in [-0.2, 0) is 12.0 Å². The van der Waals surface area contributed by atoms with Crippen molar-refractivity contribution in [2.45, 2.75) is 45.6 Å². The van der Waals surface area contributed by atoms with Crippen LogP contribution in [0.15, 0.2) is 18.2 Å². The first kappa shape index (κ1) is 15.3. The van der Waals surface area contributed by atoms with Crippen LogP contribution in [0.5, 0.6) is 0 Å². The molecular weight excluding hydrogens is 248 g/mol. The van der Waals surface area contributed by atoms with E-state index >= 15 is 0 Å². The monoisotopic (exact) mass is 276 g/mol. The van der Waals surface area contributed by atoms with Crippen molar-refractivity contribution < 1.29 is 5.11 Å². The Hall–Kier alpha value is -1.06. The van der Waals surface area contributed by atoms with Crippen LogP contribution in [-0.4, -0.2) is 31.3 Å². The summed E-state index contributed by atoms with van der Waals surface area (Å²) in [6, 6.07) is 6.67. The topological polar surface area (TPSA) is 35.5 Å². The van der Waals surface area contributed by atoms with Gasteiger partial charge in [-0.05, 0) is 37.0 Å². The van der Waals surface area contributed by atoms with E-state index in [2.05, 4.69) is 49.2 Å². The Morgan fingerprint density at radius 3 is 2.60 bits per heavy atom. The maximum atomic E-state index is 8.94. The Kier molecular flexibility index (Phi) is 5.06. The zero-order chi connectivity index (χ0) is 14.6. The van der Waals surface area contributed by atoms with E-state index in [1.165, 1.54) is 29.7 Å². The summed E-state index contributed by atoms with van der Waals surface area (Å²) in [5, 5.41) is 12.3. The fourth-order valence-corrected chi connectivity index (χ4v) is 3.55. The summed E-state index contributed by atoms with van der Waals surface area (Å²) in [4.78, 5) is 2.51. The van der Waals surface area contributed by atoms with E-state index in [0.29, 0.717) is 12.0 Å². The van der Waals surface area contributed by atoms with E-state index in [1.54, 1.807) is 0 Å². The quantitative estimate of drug-likeness (QED) is 0.752. The van der Waals surface area contributed by atoms with Crippen LogP contribution in [0.25, 0.3) is 0 Å². The molecule has 0 saturated heterocycles. The van der Waals surface area contributed by atoms with Crippen molar-refractivity contribution in [2.75, 3.05) is 31.1 Å². The first-order chi connectivity index (χ1) is 9.72. The zero-order valence-corrected chi connectivity index (χ0v) is 13.1. The third-order valence-electron chi connectivity index (χ3n) is 4.83. The first-order valence-corrected chi connectivity index (χ1v) is 7.91. The molecule has 0 aromatic heterocycles. The van der Waals surface area contributed by atoms with Gasteiger partial charge in [0.25, 0.3) is 0 Å². The minimum atomic E-state index is 0.197. The van der Waals surface area contributed by atoms with E-state index in [9.17, 15) is 0 Å². The van der Waals surface area contributed by atoms with Gasteiger partial charge < -0.3 is 15.3 Å². The molecule has 2 rings (SSSR count). The number of benzene rings is 1. The highest BCUT2D eigenvalue weighted by Gasteiger charge is 2.40. The molecular formula is C17H28N2O.